The Morgan fingerprint density at radius 1 is 1.38 bits per heavy atom. The molecule has 0 amide bonds. The zero-order valence-corrected chi connectivity index (χ0v) is 17.5. The van der Waals surface area contributed by atoms with Gasteiger partial charge in [0.2, 0.25) is 0 Å². The number of thiophene rings is 1. The number of hydrogen-bond acceptors (Lipinski definition) is 7. The summed E-state index contributed by atoms with van der Waals surface area (Å²) < 4.78 is 38.4. The van der Waals surface area contributed by atoms with Crippen molar-refractivity contribution in [2.24, 2.45) is 0 Å². The molecule has 3 aromatic rings. The number of methoxy groups -OCH3 is 1. The number of aromatic carboxylic acids is 1. The Kier molecular flexibility index (Phi) is 4.62. The molecule has 10 heteroatoms. The molecule has 0 aliphatic carbocycles. The van der Waals surface area contributed by atoms with Crippen LogP contribution in [0.1, 0.15) is 29.9 Å². The van der Waals surface area contributed by atoms with E-state index in [-0.39, 0.29) is 22.9 Å². The van der Waals surface area contributed by atoms with Gasteiger partial charge < -0.3 is 14.6 Å². The summed E-state index contributed by atoms with van der Waals surface area (Å²) in [5, 5.41) is 16.9. The van der Waals surface area contributed by atoms with E-state index in [1.165, 1.54) is 35.3 Å². The third kappa shape index (κ3) is 2.99. The Labute approximate surface area is 171 Å². The SMILES string of the molecule is COc1cc2c(cc1S(=O)(=O)C(C)C)-c1c(c(C(=O)O)nn1-c1ccsc1)CO2. The fourth-order valence-electron chi connectivity index (χ4n) is 3.23. The van der Waals surface area contributed by atoms with Crippen LogP contribution < -0.4 is 9.47 Å². The first-order chi connectivity index (χ1) is 13.8. The highest BCUT2D eigenvalue weighted by Crippen LogP contribution is 2.45. The number of carbonyl (C=O) groups is 1. The Morgan fingerprint density at radius 3 is 2.72 bits per heavy atom. The van der Waals surface area contributed by atoms with Crippen molar-refractivity contribution in [1.82, 2.24) is 9.78 Å². The number of sulfone groups is 1. The molecule has 0 unspecified atom stereocenters. The van der Waals surface area contributed by atoms with Crippen molar-refractivity contribution in [2.75, 3.05) is 7.11 Å². The molecule has 4 rings (SSSR count). The molecule has 1 aliphatic heterocycles. The summed E-state index contributed by atoms with van der Waals surface area (Å²) in [4.78, 5) is 11.8. The molecular weight excluding hydrogens is 416 g/mol. The summed E-state index contributed by atoms with van der Waals surface area (Å²) in [6.45, 7) is 3.19. The van der Waals surface area contributed by atoms with Crippen LogP contribution in [0.3, 0.4) is 0 Å². The van der Waals surface area contributed by atoms with E-state index >= 15 is 0 Å². The van der Waals surface area contributed by atoms with Crippen LogP contribution in [0.15, 0.2) is 33.9 Å². The molecule has 152 valence electrons. The minimum Gasteiger partial charge on any atom is -0.495 e. The highest BCUT2D eigenvalue weighted by atomic mass is 32.2. The van der Waals surface area contributed by atoms with Crippen molar-refractivity contribution >= 4 is 27.1 Å². The quantitative estimate of drug-likeness (QED) is 0.656. The molecule has 1 aromatic carbocycles. The van der Waals surface area contributed by atoms with Gasteiger partial charge in [0.1, 0.15) is 23.0 Å². The monoisotopic (exact) mass is 434 g/mol. The summed E-state index contributed by atoms with van der Waals surface area (Å²) >= 11 is 1.45. The molecule has 29 heavy (non-hydrogen) atoms. The van der Waals surface area contributed by atoms with Gasteiger partial charge in [-0.2, -0.15) is 16.4 Å². The molecule has 0 spiro atoms. The lowest BCUT2D eigenvalue weighted by Crippen LogP contribution is -2.16. The lowest BCUT2D eigenvalue weighted by Gasteiger charge is -2.22. The van der Waals surface area contributed by atoms with Gasteiger partial charge in [0.15, 0.2) is 15.5 Å². The molecule has 0 atom stereocenters. The van der Waals surface area contributed by atoms with Crippen LogP contribution in [0.4, 0.5) is 0 Å². The minimum atomic E-state index is -3.66. The summed E-state index contributed by atoms with van der Waals surface area (Å²) in [5.41, 5.74) is 1.92. The number of benzene rings is 1. The van der Waals surface area contributed by atoms with Crippen LogP contribution in [-0.2, 0) is 16.4 Å². The zero-order valence-electron chi connectivity index (χ0n) is 15.9. The molecular formula is C19H18N2O6S2. The van der Waals surface area contributed by atoms with Crippen LogP contribution in [0.25, 0.3) is 16.9 Å². The number of rotatable bonds is 5. The van der Waals surface area contributed by atoms with Gasteiger partial charge in [0, 0.05) is 17.0 Å². The third-order valence-electron chi connectivity index (χ3n) is 4.76. The predicted octanol–water partition coefficient (Wildman–Crippen LogP) is 3.38. The highest BCUT2D eigenvalue weighted by Gasteiger charge is 2.33. The average Bonchev–Trinajstić information content (AvgIpc) is 3.34. The Morgan fingerprint density at radius 2 is 2.14 bits per heavy atom. The van der Waals surface area contributed by atoms with E-state index in [1.54, 1.807) is 13.8 Å². The van der Waals surface area contributed by atoms with Gasteiger partial charge in [0.25, 0.3) is 0 Å². The Hall–Kier alpha value is -2.85. The topological polar surface area (TPSA) is 108 Å². The smallest absolute Gasteiger partial charge is 0.356 e. The summed E-state index contributed by atoms with van der Waals surface area (Å²) in [6.07, 6.45) is 0. The van der Waals surface area contributed by atoms with Crippen LogP contribution >= 0.6 is 11.3 Å². The molecule has 0 bridgehead atoms. The Bertz CT molecular complexity index is 1210. The number of nitrogens with zero attached hydrogens (tertiary/aromatic N) is 2. The van der Waals surface area contributed by atoms with E-state index in [0.29, 0.717) is 28.3 Å². The van der Waals surface area contributed by atoms with E-state index in [1.807, 2.05) is 16.8 Å². The van der Waals surface area contributed by atoms with Gasteiger partial charge in [0.05, 0.1) is 29.3 Å². The van der Waals surface area contributed by atoms with Crippen molar-refractivity contribution in [1.29, 1.82) is 0 Å². The zero-order chi connectivity index (χ0) is 20.9. The van der Waals surface area contributed by atoms with Gasteiger partial charge in [-0.05, 0) is 31.4 Å². The van der Waals surface area contributed by atoms with Crippen LogP contribution in [-0.4, -0.2) is 41.6 Å². The first-order valence-electron chi connectivity index (χ1n) is 8.72. The van der Waals surface area contributed by atoms with Gasteiger partial charge in [-0.1, -0.05) is 0 Å². The van der Waals surface area contributed by atoms with Crippen molar-refractivity contribution < 1.29 is 27.8 Å². The number of fused-ring (bicyclic) bond motifs is 3. The average molecular weight is 434 g/mol. The van der Waals surface area contributed by atoms with E-state index in [9.17, 15) is 18.3 Å². The second-order valence-corrected chi connectivity index (χ2v) is 10.0. The third-order valence-corrected chi connectivity index (χ3v) is 7.60. The molecule has 0 saturated heterocycles. The summed E-state index contributed by atoms with van der Waals surface area (Å²) in [7, 11) is -2.26. The maximum atomic E-state index is 12.9. The lowest BCUT2D eigenvalue weighted by atomic mass is 10.0. The van der Waals surface area contributed by atoms with Gasteiger partial charge in [-0.25, -0.2) is 17.9 Å². The molecule has 0 saturated carbocycles. The molecule has 0 fully saturated rings. The lowest BCUT2D eigenvalue weighted by molar-refractivity contribution is 0.0687. The Balaban J connectivity index is 2.05. The number of aromatic nitrogens is 2. The molecule has 2 aromatic heterocycles. The van der Waals surface area contributed by atoms with E-state index in [2.05, 4.69) is 5.10 Å². The maximum absolute atomic E-state index is 12.9. The molecule has 1 N–H and O–H groups in total. The maximum Gasteiger partial charge on any atom is 0.356 e. The minimum absolute atomic E-state index is 0.00748. The van der Waals surface area contributed by atoms with Crippen LogP contribution in [0.2, 0.25) is 0 Å². The van der Waals surface area contributed by atoms with E-state index in [0.717, 1.165) is 0 Å². The van der Waals surface area contributed by atoms with E-state index in [4.69, 9.17) is 9.47 Å². The van der Waals surface area contributed by atoms with Crippen molar-refractivity contribution in [2.45, 2.75) is 30.6 Å². The first kappa shape index (κ1) is 19.5. The summed E-state index contributed by atoms with van der Waals surface area (Å²) in [5.74, 6) is -0.586. The highest BCUT2D eigenvalue weighted by molar-refractivity contribution is 7.92. The molecule has 8 nitrogen and oxygen atoms in total. The fraction of sp³-hybridized carbons (Fsp3) is 0.263. The van der Waals surface area contributed by atoms with Crippen LogP contribution in [0.5, 0.6) is 11.5 Å². The number of ether oxygens (including phenoxy) is 2. The van der Waals surface area contributed by atoms with Gasteiger partial charge in [-0.15, -0.1) is 0 Å². The van der Waals surface area contributed by atoms with Crippen LogP contribution in [0, 0.1) is 0 Å². The van der Waals surface area contributed by atoms with Crippen molar-refractivity contribution in [3.63, 3.8) is 0 Å². The van der Waals surface area contributed by atoms with Crippen molar-refractivity contribution in [3.8, 4) is 28.4 Å². The fourth-order valence-corrected chi connectivity index (χ4v) is 5.06. The second kappa shape index (κ2) is 6.89. The standard InChI is InChI=1S/C19H18N2O6S2/c1-10(2)29(24,25)16-6-12-14(7-15(16)26-3)27-8-13-17(19(22)23)20-21(18(12)13)11-4-5-28-9-11/h4-7,9-10H,8H2,1-3H3,(H,22,23). The first-order valence-corrected chi connectivity index (χ1v) is 11.2. The van der Waals surface area contributed by atoms with Gasteiger partial charge >= 0.3 is 5.97 Å². The number of hydrogen-bond donors (Lipinski definition) is 1. The predicted molar refractivity (Wildman–Crippen MR) is 107 cm³/mol. The normalized spacial score (nSPS) is 13.0. The summed E-state index contributed by atoms with van der Waals surface area (Å²) in [6, 6.07) is 4.82. The van der Waals surface area contributed by atoms with Crippen molar-refractivity contribution in [3.05, 3.63) is 40.2 Å². The largest absolute Gasteiger partial charge is 0.495 e. The van der Waals surface area contributed by atoms with Gasteiger partial charge in [-0.3, -0.25) is 0 Å². The molecule has 0 radical (unpaired) electrons. The molecule has 3 heterocycles. The number of carboxylic acid groups (broad SMARTS) is 1. The molecule has 1 aliphatic rings. The number of carboxylic acids is 1. The van der Waals surface area contributed by atoms with E-state index < -0.39 is 21.1 Å². The second-order valence-electron chi connectivity index (χ2n) is 6.76.